The number of hydrogen-bond donors (Lipinski definition) is 1. The average molecular weight is 344 g/mol. The smallest absolute Gasteiger partial charge is 0.339 e. The third-order valence-electron chi connectivity index (χ3n) is 4.15. The van der Waals surface area contributed by atoms with Crippen molar-refractivity contribution in [1.29, 1.82) is 0 Å². The Morgan fingerprint density at radius 2 is 2.12 bits per heavy atom. The molecule has 24 heavy (non-hydrogen) atoms. The van der Waals surface area contributed by atoms with Crippen LogP contribution < -0.4 is 5.32 Å². The number of nitrogens with zero attached hydrogens (tertiary/aromatic N) is 1. The Morgan fingerprint density at radius 3 is 2.83 bits per heavy atom. The van der Waals surface area contributed by atoms with Gasteiger partial charge in [0, 0.05) is 17.8 Å². The SMILES string of the molecule is CN(C)[C@H](CNC(=O)[C@H]1Cc2ccccc2C(=O)O1)c1cccs1. The summed E-state index contributed by atoms with van der Waals surface area (Å²) in [4.78, 5) is 27.7. The van der Waals surface area contributed by atoms with Gasteiger partial charge in [0.05, 0.1) is 11.6 Å². The van der Waals surface area contributed by atoms with E-state index in [9.17, 15) is 9.59 Å². The highest BCUT2D eigenvalue weighted by molar-refractivity contribution is 7.10. The summed E-state index contributed by atoms with van der Waals surface area (Å²) in [5.74, 6) is -0.680. The number of ether oxygens (including phenoxy) is 1. The highest BCUT2D eigenvalue weighted by Crippen LogP contribution is 2.23. The van der Waals surface area contributed by atoms with Crippen LogP contribution in [0.3, 0.4) is 0 Å². The number of amides is 1. The first-order valence-electron chi connectivity index (χ1n) is 7.82. The predicted octanol–water partition coefficient (Wildman–Crippen LogP) is 2.25. The van der Waals surface area contributed by atoms with E-state index in [2.05, 4.69) is 16.3 Å². The summed E-state index contributed by atoms with van der Waals surface area (Å²) in [7, 11) is 3.96. The van der Waals surface area contributed by atoms with E-state index >= 15 is 0 Å². The van der Waals surface area contributed by atoms with Crippen LogP contribution in [0, 0.1) is 0 Å². The molecule has 0 fully saturated rings. The molecule has 0 radical (unpaired) electrons. The minimum atomic E-state index is -0.765. The van der Waals surface area contributed by atoms with Crippen LogP contribution in [0.25, 0.3) is 0 Å². The van der Waals surface area contributed by atoms with Gasteiger partial charge in [-0.05, 0) is 37.2 Å². The molecule has 3 rings (SSSR count). The van der Waals surface area contributed by atoms with Gasteiger partial charge in [-0.2, -0.15) is 0 Å². The molecular weight excluding hydrogens is 324 g/mol. The molecule has 5 nitrogen and oxygen atoms in total. The molecule has 2 heterocycles. The van der Waals surface area contributed by atoms with Crippen molar-refractivity contribution in [2.24, 2.45) is 0 Å². The summed E-state index contributed by atoms with van der Waals surface area (Å²) < 4.78 is 5.30. The van der Waals surface area contributed by atoms with Crippen LogP contribution in [-0.2, 0) is 16.0 Å². The summed E-state index contributed by atoms with van der Waals surface area (Å²) in [6.07, 6.45) is -0.349. The highest BCUT2D eigenvalue weighted by atomic mass is 32.1. The molecule has 1 aliphatic rings. The fourth-order valence-corrected chi connectivity index (χ4v) is 3.73. The van der Waals surface area contributed by atoms with Crippen LogP contribution in [-0.4, -0.2) is 43.5 Å². The Hall–Kier alpha value is -2.18. The quantitative estimate of drug-likeness (QED) is 0.845. The summed E-state index contributed by atoms with van der Waals surface area (Å²) >= 11 is 1.66. The highest BCUT2D eigenvalue weighted by Gasteiger charge is 2.31. The molecular formula is C18H20N2O3S. The van der Waals surface area contributed by atoms with Gasteiger partial charge >= 0.3 is 5.97 Å². The zero-order chi connectivity index (χ0) is 17.1. The van der Waals surface area contributed by atoms with Gasteiger partial charge in [0.1, 0.15) is 0 Å². The maximum Gasteiger partial charge on any atom is 0.339 e. The van der Waals surface area contributed by atoms with Crippen LogP contribution >= 0.6 is 11.3 Å². The summed E-state index contributed by atoms with van der Waals surface area (Å²) in [6.45, 7) is 0.474. The predicted molar refractivity (Wildman–Crippen MR) is 93.1 cm³/mol. The molecule has 1 aliphatic heterocycles. The maximum absolute atomic E-state index is 12.4. The van der Waals surface area contributed by atoms with Crippen molar-refractivity contribution in [2.45, 2.75) is 18.6 Å². The Morgan fingerprint density at radius 1 is 1.33 bits per heavy atom. The number of esters is 1. The molecule has 1 N–H and O–H groups in total. The van der Waals surface area contributed by atoms with E-state index in [4.69, 9.17) is 4.74 Å². The second kappa shape index (κ2) is 7.15. The maximum atomic E-state index is 12.4. The molecule has 0 unspecified atom stereocenters. The molecule has 1 aromatic carbocycles. The zero-order valence-corrected chi connectivity index (χ0v) is 14.5. The number of benzene rings is 1. The lowest BCUT2D eigenvalue weighted by Gasteiger charge is -2.27. The van der Waals surface area contributed by atoms with Crippen molar-refractivity contribution in [3.05, 3.63) is 57.8 Å². The van der Waals surface area contributed by atoms with E-state index < -0.39 is 12.1 Å². The minimum absolute atomic E-state index is 0.0977. The van der Waals surface area contributed by atoms with Gasteiger partial charge in [0.2, 0.25) is 0 Å². The van der Waals surface area contributed by atoms with E-state index in [1.165, 1.54) is 4.88 Å². The molecule has 0 bridgehead atoms. The molecule has 0 aliphatic carbocycles. The number of thiophene rings is 1. The standard InChI is InChI=1S/C18H20N2O3S/c1-20(2)14(16-8-5-9-24-16)11-19-17(21)15-10-12-6-3-4-7-13(12)18(22)23-15/h3-9,14-15H,10-11H2,1-2H3,(H,19,21)/t14-,15-/m1/s1. The van der Waals surface area contributed by atoms with Gasteiger partial charge in [0.25, 0.3) is 5.91 Å². The van der Waals surface area contributed by atoms with Gasteiger partial charge < -0.3 is 15.0 Å². The van der Waals surface area contributed by atoms with Crippen molar-refractivity contribution < 1.29 is 14.3 Å². The molecule has 0 saturated carbocycles. The lowest BCUT2D eigenvalue weighted by Crippen LogP contribution is -2.44. The van der Waals surface area contributed by atoms with E-state index in [1.807, 2.05) is 37.7 Å². The van der Waals surface area contributed by atoms with Crippen LogP contribution in [0.15, 0.2) is 41.8 Å². The lowest BCUT2D eigenvalue weighted by atomic mass is 9.98. The van der Waals surface area contributed by atoms with Gasteiger partial charge in [0.15, 0.2) is 6.10 Å². The molecule has 0 spiro atoms. The topological polar surface area (TPSA) is 58.6 Å². The first-order valence-corrected chi connectivity index (χ1v) is 8.70. The summed E-state index contributed by atoms with van der Waals surface area (Å²) in [5, 5.41) is 4.94. The van der Waals surface area contributed by atoms with Gasteiger partial charge in [-0.1, -0.05) is 24.3 Å². The number of cyclic esters (lactones) is 1. The van der Waals surface area contributed by atoms with Crippen molar-refractivity contribution in [1.82, 2.24) is 10.2 Å². The Kier molecular flexibility index (Phi) is 4.97. The van der Waals surface area contributed by atoms with Gasteiger partial charge in [-0.15, -0.1) is 11.3 Å². The Bertz CT molecular complexity index is 728. The molecule has 2 atom stereocenters. The number of nitrogens with one attached hydrogen (secondary N) is 1. The van der Waals surface area contributed by atoms with Crippen molar-refractivity contribution >= 4 is 23.2 Å². The van der Waals surface area contributed by atoms with Gasteiger partial charge in [-0.25, -0.2) is 4.79 Å². The average Bonchev–Trinajstić information content (AvgIpc) is 3.08. The monoisotopic (exact) mass is 344 g/mol. The fraction of sp³-hybridized carbons (Fsp3) is 0.333. The van der Waals surface area contributed by atoms with Crippen LogP contribution in [0.2, 0.25) is 0 Å². The third kappa shape index (κ3) is 3.49. The van der Waals surface area contributed by atoms with E-state index in [1.54, 1.807) is 23.5 Å². The zero-order valence-electron chi connectivity index (χ0n) is 13.7. The van der Waals surface area contributed by atoms with E-state index in [0.717, 1.165) is 5.56 Å². The molecule has 6 heteroatoms. The molecule has 1 aromatic heterocycles. The van der Waals surface area contributed by atoms with Gasteiger partial charge in [-0.3, -0.25) is 4.79 Å². The summed E-state index contributed by atoms with van der Waals surface area (Å²) in [6, 6.07) is 11.4. The van der Waals surface area contributed by atoms with Crippen LogP contribution in [0.4, 0.5) is 0 Å². The largest absolute Gasteiger partial charge is 0.448 e. The van der Waals surface area contributed by atoms with Crippen LogP contribution in [0.1, 0.15) is 26.8 Å². The third-order valence-corrected chi connectivity index (χ3v) is 5.12. The van der Waals surface area contributed by atoms with Crippen molar-refractivity contribution in [3.8, 4) is 0 Å². The first-order chi connectivity index (χ1) is 11.6. The number of carbonyl (C=O) groups is 2. The number of carbonyl (C=O) groups excluding carboxylic acids is 2. The number of hydrogen-bond acceptors (Lipinski definition) is 5. The molecule has 0 saturated heterocycles. The Balaban J connectivity index is 1.64. The minimum Gasteiger partial charge on any atom is -0.448 e. The number of likely N-dealkylation sites (N-methyl/N-ethyl adjacent to an activating group) is 1. The van der Waals surface area contributed by atoms with Crippen LogP contribution in [0.5, 0.6) is 0 Å². The fourth-order valence-electron chi connectivity index (χ4n) is 2.81. The summed E-state index contributed by atoms with van der Waals surface area (Å²) in [5.41, 5.74) is 1.41. The second-order valence-corrected chi connectivity index (χ2v) is 6.97. The van der Waals surface area contributed by atoms with E-state index in [-0.39, 0.29) is 11.9 Å². The van der Waals surface area contributed by atoms with Crippen molar-refractivity contribution in [3.63, 3.8) is 0 Å². The molecule has 126 valence electrons. The normalized spacial score (nSPS) is 18.0. The number of rotatable bonds is 5. The Labute approximate surface area is 145 Å². The first kappa shape index (κ1) is 16.7. The molecule has 2 aromatic rings. The lowest BCUT2D eigenvalue weighted by molar-refractivity contribution is -0.130. The van der Waals surface area contributed by atoms with E-state index in [0.29, 0.717) is 18.5 Å². The van der Waals surface area contributed by atoms with Crippen molar-refractivity contribution in [2.75, 3.05) is 20.6 Å². The second-order valence-electron chi connectivity index (χ2n) is 6.00. The number of fused-ring (bicyclic) bond motifs is 1. The molecule has 1 amide bonds.